The molecule has 0 aliphatic carbocycles. The maximum Gasteiger partial charge on any atom is 0.126 e. The quantitative estimate of drug-likeness (QED) is 0.780. The molecular weight excluding hydrogens is 252 g/mol. The summed E-state index contributed by atoms with van der Waals surface area (Å²) in [5.74, 6) is 2.55. The predicted octanol–water partition coefficient (Wildman–Crippen LogP) is 4.42. The van der Waals surface area contributed by atoms with Crippen molar-refractivity contribution in [3.8, 4) is 11.5 Å². The van der Waals surface area contributed by atoms with Crippen LogP contribution in [0.2, 0.25) is 0 Å². The van der Waals surface area contributed by atoms with E-state index in [2.05, 4.69) is 6.92 Å². The minimum Gasteiger partial charge on any atom is -0.496 e. The van der Waals surface area contributed by atoms with Crippen LogP contribution < -0.4 is 9.47 Å². The zero-order chi connectivity index (χ0) is 14.4. The van der Waals surface area contributed by atoms with Crippen LogP contribution in [0.25, 0.3) is 12.2 Å². The van der Waals surface area contributed by atoms with Gasteiger partial charge in [0.15, 0.2) is 0 Å². The largest absolute Gasteiger partial charge is 0.496 e. The van der Waals surface area contributed by atoms with E-state index in [1.165, 1.54) is 0 Å². The van der Waals surface area contributed by atoms with Crippen LogP contribution in [0.15, 0.2) is 34.9 Å². The Balaban J connectivity index is 2.34. The van der Waals surface area contributed by atoms with E-state index < -0.39 is 0 Å². The van der Waals surface area contributed by atoms with Crippen molar-refractivity contribution in [1.82, 2.24) is 0 Å². The first kappa shape index (κ1) is 14.3. The highest BCUT2D eigenvalue weighted by Gasteiger charge is 2.10. The molecule has 1 heterocycles. The molecule has 106 valence electrons. The van der Waals surface area contributed by atoms with Gasteiger partial charge < -0.3 is 13.9 Å². The highest BCUT2D eigenvalue weighted by Crippen LogP contribution is 2.32. The Morgan fingerprint density at radius 3 is 2.30 bits per heavy atom. The number of methoxy groups -OCH3 is 2. The number of benzene rings is 1. The van der Waals surface area contributed by atoms with Gasteiger partial charge in [-0.05, 0) is 42.3 Å². The molecule has 1 aromatic heterocycles. The summed E-state index contributed by atoms with van der Waals surface area (Å²) < 4.78 is 16.2. The van der Waals surface area contributed by atoms with Crippen LogP contribution in [-0.4, -0.2) is 14.2 Å². The van der Waals surface area contributed by atoms with Gasteiger partial charge in [-0.1, -0.05) is 19.4 Å². The topological polar surface area (TPSA) is 31.6 Å². The molecule has 20 heavy (non-hydrogen) atoms. The molecule has 0 fully saturated rings. The van der Waals surface area contributed by atoms with Crippen LogP contribution in [0, 0.1) is 0 Å². The first-order valence-corrected chi connectivity index (χ1v) is 6.75. The van der Waals surface area contributed by atoms with Gasteiger partial charge in [0, 0.05) is 5.56 Å². The molecule has 2 aromatic rings. The Bertz CT molecular complexity index is 543. The lowest BCUT2D eigenvalue weighted by Crippen LogP contribution is -1.97. The Kier molecular flexibility index (Phi) is 4.88. The van der Waals surface area contributed by atoms with Crippen LogP contribution in [0.4, 0.5) is 0 Å². The van der Waals surface area contributed by atoms with Gasteiger partial charge in [-0.2, -0.15) is 0 Å². The molecule has 0 aliphatic rings. The van der Waals surface area contributed by atoms with Crippen molar-refractivity contribution >= 4 is 12.2 Å². The summed E-state index contributed by atoms with van der Waals surface area (Å²) in [6.45, 7) is 2.14. The van der Waals surface area contributed by atoms with Crippen molar-refractivity contribution in [2.75, 3.05) is 14.2 Å². The number of ether oxygens (including phenoxy) is 2. The van der Waals surface area contributed by atoms with Crippen LogP contribution in [0.5, 0.6) is 11.5 Å². The van der Waals surface area contributed by atoms with Crippen molar-refractivity contribution in [2.45, 2.75) is 19.8 Å². The lowest BCUT2D eigenvalue weighted by molar-refractivity contribution is 0.385. The van der Waals surface area contributed by atoms with Crippen molar-refractivity contribution in [3.05, 3.63) is 47.4 Å². The minimum atomic E-state index is 0.820. The predicted molar refractivity (Wildman–Crippen MR) is 81.2 cm³/mol. The average Bonchev–Trinajstić information content (AvgIpc) is 2.99. The van der Waals surface area contributed by atoms with Crippen LogP contribution in [0.1, 0.15) is 30.2 Å². The molecule has 0 aliphatic heterocycles. The molecule has 0 N–H and O–H groups in total. The van der Waals surface area contributed by atoms with Gasteiger partial charge in [0.2, 0.25) is 0 Å². The highest BCUT2D eigenvalue weighted by molar-refractivity contribution is 5.70. The van der Waals surface area contributed by atoms with Crippen molar-refractivity contribution in [2.24, 2.45) is 0 Å². The van der Waals surface area contributed by atoms with Crippen molar-refractivity contribution in [3.63, 3.8) is 0 Å². The molecular formula is C17H20O3. The summed E-state index contributed by atoms with van der Waals surface area (Å²) in [6, 6.07) is 7.82. The van der Waals surface area contributed by atoms with Gasteiger partial charge in [0.05, 0.1) is 20.5 Å². The van der Waals surface area contributed by atoms with E-state index in [0.717, 1.165) is 41.2 Å². The van der Waals surface area contributed by atoms with E-state index in [1.807, 2.05) is 36.4 Å². The Labute approximate surface area is 119 Å². The van der Waals surface area contributed by atoms with E-state index >= 15 is 0 Å². The van der Waals surface area contributed by atoms with E-state index in [-0.39, 0.29) is 0 Å². The summed E-state index contributed by atoms with van der Waals surface area (Å²) >= 11 is 0. The molecule has 0 atom stereocenters. The maximum absolute atomic E-state index is 5.48. The zero-order valence-electron chi connectivity index (χ0n) is 12.2. The van der Waals surface area contributed by atoms with E-state index in [1.54, 1.807) is 20.5 Å². The monoisotopic (exact) mass is 272 g/mol. The third kappa shape index (κ3) is 3.23. The fourth-order valence-electron chi connectivity index (χ4n) is 2.16. The van der Waals surface area contributed by atoms with Crippen LogP contribution in [0.3, 0.4) is 0 Å². The first-order valence-electron chi connectivity index (χ1n) is 6.75. The number of hydrogen-bond acceptors (Lipinski definition) is 3. The summed E-state index contributed by atoms with van der Waals surface area (Å²) in [4.78, 5) is 0. The molecule has 0 amide bonds. The Morgan fingerprint density at radius 2 is 1.80 bits per heavy atom. The Hall–Kier alpha value is -2.16. The van der Waals surface area contributed by atoms with Gasteiger partial charge >= 0.3 is 0 Å². The van der Waals surface area contributed by atoms with Gasteiger partial charge in [-0.3, -0.25) is 0 Å². The SMILES string of the molecule is CCCc1c(OC)cc(C=Cc2ccco2)cc1OC. The van der Waals surface area contributed by atoms with Crippen LogP contribution >= 0.6 is 0 Å². The second-order valence-electron chi connectivity index (χ2n) is 4.50. The summed E-state index contributed by atoms with van der Waals surface area (Å²) in [7, 11) is 3.38. The molecule has 1 aromatic carbocycles. The number of furan rings is 1. The second kappa shape index (κ2) is 6.85. The third-order valence-corrected chi connectivity index (χ3v) is 3.11. The second-order valence-corrected chi connectivity index (χ2v) is 4.50. The minimum absolute atomic E-state index is 0.820. The lowest BCUT2D eigenvalue weighted by Gasteiger charge is -2.13. The molecule has 0 spiro atoms. The normalized spacial score (nSPS) is 10.9. The molecule has 3 nitrogen and oxygen atoms in total. The smallest absolute Gasteiger partial charge is 0.126 e. The number of rotatable bonds is 6. The molecule has 0 radical (unpaired) electrons. The fraction of sp³-hybridized carbons (Fsp3) is 0.294. The lowest BCUT2D eigenvalue weighted by atomic mass is 10.0. The molecule has 0 saturated carbocycles. The van der Waals surface area contributed by atoms with Gasteiger partial charge in [0.25, 0.3) is 0 Å². The molecule has 3 heteroatoms. The molecule has 0 bridgehead atoms. The maximum atomic E-state index is 5.48. The average molecular weight is 272 g/mol. The number of hydrogen-bond donors (Lipinski definition) is 0. The van der Waals surface area contributed by atoms with E-state index in [0.29, 0.717) is 0 Å². The molecule has 0 unspecified atom stereocenters. The van der Waals surface area contributed by atoms with E-state index in [4.69, 9.17) is 13.9 Å². The third-order valence-electron chi connectivity index (χ3n) is 3.11. The van der Waals surface area contributed by atoms with Crippen molar-refractivity contribution in [1.29, 1.82) is 0 Å². The van der Waals surface area contributed by atoms with Crippen molar-refractivity contribution < 1.29 is 13.9 Å². The Morgan fingerprint density at radius 1 is 1.10 bits per heavy atom. The highest BCUT2D eigenvalue weighted by atomic mass is 16.5. The van der Waals surface area contributed by atoms with Crippen LogP contribution in [-0.2, 0) is 6.42 Å². The first-order chi connectivity index (χ1) is 9.78. The zero-order valence-corrected chi connectivity index (χ0v) is 12.2. The van der Waals surface area contributed by atoms with Gasteiger partial charge in [-0.25, -0.2) is 0 Å². The summed E-state index contributed by atoms with van der Waals surface area (Å²) in [5.41, 5.74) is 2.14. The molecule has 0 saturated heterocycles. The molecule has 2 rings (SSSR count). The van der Waals surface area contributed by atoms with Gasteiger partial charge in [-0.15, -0.1) is 0 Å². The van der Waals surface area contributed by atoms with Gasteiger partial charge in [0.1, 0.15) is 17.3 Å². The summed E-state index contributed by atoms with van der Waals surface area (Å²) in [6.07, 6.45) is 7.56. The standard InChI is InChI=1S/C17H20O3/c1-4-6-15-16(18-2)11-13(12-17(15)19-3)8-9-14-7-5-10-20-14/h5,7-12H,4,6H2,1-3H3. The van der Waals surface area contributed by atoms with E-state index in [9.17, 15) is 0 Å². The fourth-order valence-corrected chi connectivity index (χ4v) is 2.16. The summed E-state index contributed by atoms with van der Waals surface area (Å²) in [5, 5.41) is 0.